The quantitative estimate of drug-likeness (QED) is 0.373. The summed E-state index contributed by atoms with van der Waals surface area (Å²) in [5.74, 6) is 1.15. The molecule has 34 heavy (non-hydrogen) atoms. The molecule has 0 spiro atoms. The lowest BCUT2D eigenvalue weighted by molar-refractivity contribution is 0.0823. The Labute approximate surface area is 199 Å². The molecule has 0 atom stereocenters. The molecule has 0 aliphatic heterocycles. The first-order chi connectivity index (χ1) is 16.2. The van der Waals surface area contributed by atoms with E-state index in [1.54, 1.807) is 31.4 Å². The van der Waals surface area contributed by atoms with Crippen molar-refractivity contribution < 1.29 is 9.53 Å². The van der Waals surface area contributed by atoms with E-state index in [1.807, 2.05) is 42.5 Å². The largest absolute Gasteiger partial charge is 0.493 e. The van der Waals surface area contributed by atoms with E-state index in [2.05, 4.69) is 46.0 Å². The fourth-order valence-electron chi connectivity index (χ4n) is 3.28. The Balaban J connectivity index is 1.52. The second-order valence-electron chi connectivity index (χ2n) is 9.26. The molecule has 0 bridgehead atoms. The number of anilines is 2. The van der Waals surface area contributed by atoms with E-state index in [0.717, 1.165) is 28.8 Å². The van der Waals surface area contributed by atoms with Crippen molar-refractivity contribution in [2.24, 2.45) is 5.41 Å². The zero-order valence-corrected chi connectivity index (χ0v) is 20.2. The van der Waals surface area contributed by atoms with Gasteiger partial charge in [-0.15, -0.1) is 0 Å². The normalized spacial score (nSPS) is 11.4. The fourth-order valence-corrected chi connectivity index (χ4v) is 3.28. The van der Waals surface area contributed by atoms with Gasteiger partial charge in [0.1, 0.15) is 11.4 Å². The molecule has 8 heteroatoms. The van der Waals surface area contributed by atoms with Crippen molar-refractivity contribution >= 4 is 28.4 Å². The van der Waals surface area contributed by atoms with Gasteiger partial charge >= 0.3 is 0 Å². The number of hydrogen-bond acceptors (Lipinski definition) is 6. The summed E-state index contributed by atoms with van der Waals surface area (Å²) < 4.78 is 6.00. The van der Waals surface area contributed by atoms with Gasteiger partial charge in [-0.2, -0.15) is 0 Å². The summed E-state index contributed by atoms with van der Waals surface area (Å²) in [6.07, 6.45) is 4.46. The lowest BCUT2D eigenvalue weighted by Gasteiger charge is -2.22. The van der Waals surface area contributed by atoms with E-state index in [-0.39, 0.29) is 11.3 Å². The van der Waals surface area contributed by atoms with Crippen molar-refractivity contribution in [2.45, 2.75) is 27.2 Å². The minimum absolute atomic E-state index is 0.0706. The molecule has 3 heterocycles. The van der Waals surface area contributed by atoms with Gasteiger partial charge in [0.05, 0.1) is 18.0 Å². The highest BCUT2D eigenvalue weighted by molar-refractivity contribution is 5.98. The molecule has 1 amide bonds. The van der Waals surface area contributed by atoms with Crippen molar-refractivity contribution in [3.8, 4) is 17.1 Å². The molecule has 0 saturated carbocycles. The van der Waals surface area contributed by atoms with Crippen LogP contribution in [-0.2, 0) is 0 Å². The molecule has 2 N–H and O–H groups in total. The predicted molar refractivity (Wildman–Crippen MR) is 134 cm³/mol. The minimum atomic E-state index is -0.0706. The molecule has 4 aromatic rings. The monoisotopic (exact) mass is 458 g/mol. The molecule has 0 aliphatic carbocycles. The Morgan fingerprint density at radius 1 is 1.06 bits per heavy atom. The zero-order chi connectivity index (χ0) is 24.3. The Morgan fingerprint density at radius 3 is 2.62 bits per heavy atom. The van der Waals surface area contributed by atoms with E-state index in [0.29, 0.717) is 29.6 Å². The number of rotatable bonds is 8. The van der Waals surface area contributed by atoms with E-state index in [4.69, 9.17) is 4.74 Å². The summed E-state index contributed by atoms with van der Waals surface area (Å²) in [5, 5.41) is 4.17. The van der Waals surface area contributed by atoms with Gasteiger partial charge in [-0.3, -0.25) is 9.78 Å². The number of carbonyl (C=O) groups excluding carboxylic acids is 1. The van der Waals surface area contributed by atoms with E-state index < -0.39 is 0 Å². The third-order valence-electron chi connectivity index (χ3n) is 5.75. The SMILES string of the molecule is CCC(C)(C)COc1ccnc(-c2ccnc(Nc3ccc4[nH]c(C(=O)N(C)C)cc4c3)n2)c1. The molecule has 0 unspecified atom stereocenters. The summed E-state index contributed by atoms with van der Waals surface area (Å²) in [5.41, 5.74) is 3.77. The second kappa shape index (κ2) is 9.51. The molecule has 0 fully saturated rings. The maximum Gasteiger partial charge on any atom is 0.269 e. The Kier molecular flexibility index (Phi) is 6.49. The smallest absolute Gasteiger partial charge is 0.269 e. The van der Waals surface area contributed by atoms with Crippen LogP contribution < -0.4 is 10.1 Å². The Morgan fingerprint density at radius 2 is 1.85 bits per heavy atom. The van der Waals surface area contributed by atoms with Crippen LogP contribution in [0.25, 0.3) is 22.3 Å². The Hall–Kier alpha value is -3.94. The van der Waals surface area contributed by atoms with Gasteiger partial charge in [0.15, 0.2) is 0 Å². The molecule has 0 radical (unpaired) electrons. The molecule has 8 nitrogen and oxygen atoms in total. The summed E-state index contributed by atoms with van der Waals surface area (Å²) in [4.78, 5) is 30.4. The number of benzene rings is 1. The highest BCUT2D eigenvalue weighted by atomic mass is 16.5. The number of nitrogens with one attached hydrogen (secondary N) is 2. The van der Waals surface area contributed by atoms with Crippen LogP contribution in [0.1, 0.15) is 37.7 Å². The van der Waals surface area contributed by atoms with Crippen LogP contribution in [0.15, 0.2) is 54.9 Å². The highest BCUT2D eigenvalue weighted by Crippen LogP contribution is 2.26. The number of hydrogen-bond donors (Lipinski definition) is 2. The number of aromatic nitrogens is 4. The van der Waals surface area contributed by atoms with Gasteiger partial charge in [-0.25, -0.2) is 9.97 Å². The van der Waals surface area contributed by atoms with Gasteiger partial charge in [0, 0.05) is 49.1 Å². The van der Waals surface area contributed by atoms with Gasteiger partial charge < -0.3 is 19.9 Å². The van der Waals surface area contributed by atoms with Crippen molar-refractivity contribution in [1.29, 1.82) is 0 Å². The van der Waals surface area contributed by atoms with Crippen molar-refractivity contribution in [3.63, 3.8) is 0 Å². The highest BCUT2D eigenvalue weighted by Gasteiger charge is 2.16. The molecule has 4 rings (SSSR count). The summed E-state index contributed by atoms with van der Waals surface area (Å²) in [6, 6.07) is 13.2. The van der Waals surface area contributed by atoms with E-state index in [1.165, 1.54) is 0 Å². The maximum atomic E-state index is 12.2. The number of fused-ring (bicyclic) bond motifs is 1. The molecule has 0 aliphatic rings. The summed E-state index contributed by atoms with van der Waals surface area (Å²) in [7, 11) is 3.46. The van der Waals surface area contributed by atoms with Crippen LogP contribution in [0.2, 0.25) is 0 Å². The number of aromatic amines is 1. The molecule has 1 aromatic carbocycles. The second-order valence-corrected chi connectivity index (χ2v) is 9.26. The average molecular weight is 459 g/mol. The standard InChI is InChI=1S/C26H30N6O2/c1-6-26(2,3)16-34-19-9-11-27-22(15-19)21-10-12-28-25(31-21)29-18-7-8-20-17(13-18)14-23(30-20)24(33)32(4)5/h7-15,30H,6,16H2,1-5H3,(H,28,29,31). The number of ether oxygens (including phenoxy) is 1. The minimum Gasteiger partial charge on any atom is -0.493 e. The molecular weight excluding hydrogens is 428 g/mol. The molecule has 3 aromatic heterocycles. The van der Waals surface area contributed by atoms with Crippen molar-refractivity contribution in [3.05, 3.63) is 60.6 Å². The van der Waals surface area contributed by atoms with Crippen LogP contribution in [0.3, 0.4) is 0 Å². The molecule has 0 saturated heterocycles. The third kappa shape index (κ3) is 5.33. The van der Waals surface area contributed by atoms with Gasteiger partial charge in [-0.05, 0) is 48.2 Å². The summed E-state index contributed by atoms with van der Waals surface area (Å²) in [6.45, 7) is 7.16. The van der Waals surface area contributed by atoms with E-state index in [9.17, 15) is 4.79 Å². The molecule has 176 valence electrons. The van der Waals surface area contributed by atoms with Crippen LogP contribution in [-0.4, -0.2) is 51.4 Å². The van der Waals surface area contributed by atoms with Crippen LogP contribution >= 0.6 is 0 Å². The Bertz CT molecular complexity index is 1310. The van der Waals surface area contributed by atoms with Gasteiger partial charge in [0.25, 0.3) is 5.91 Å². The first-order valence-corrected chi connectivity index (χ1v) is 11.3. The molecular formula is C26H30N6O2. The topological polar surface area (TPSA) is 96.0 Å². The van der Waals surface area contributed by atoms with Crippen LogP contribution in [0.5, 0.6) is 5.75 Å². The van der Waals surface area contributed by atoms with Crippen LogP contribution in [0.4, 0.5) is 11.6 Å². The van der Waals surface area contributed by atoms with Gasteiger partial charge in [0.2, 0.25) is 5.95 Å². The first kappa shape index (κ1) is 23.2. The number of H-pyrrole nitrogens is 1. The van der Waals surface area contributed by atoms with Gasteiger partial charge in [-0.1, -0.05) is 20.8 Å². The number of amides is 1. The summed E-state index contributed by atoms with van der Waals surface area (Å²) >= 11 is 0. The average Bonchev–Trinajstić information content (AvgIpc) is 3.26. The number of pyridine rings is 1. The van der Waals surface area contributed by atoms with Crippen molar-refractivity contribution in [2.75, 3.05) is 26.0 Å². The maximum absolute atomic E-state index is 12.2. The number of nitrogens with zero attached hydrogens (tertiary/aromatic N) is 4. The van der Waals surface area contributed by atoms with Crippen LogP contribution in [0, 0.1) is 5.41 Å². The fraction of sp³-hybridized carbons (Fsp3) is 0.308. The zero-order valence-electron chi connectivity index (χ0n) is 20.2. The number of carbonyl (C=O) groups is 1. The van der Waals surface area contributed by atoms with E-state index >= 15 is 0 Å². The third-order valence-corrected chi connectivity index (χ3v) is 5.75. The van der Waals surface area contributed by atoms with Crippen molar-refractivity contribution in [1.82, 2.24) is 24.8 Å². The first-order valence-electron chi connectivity index (χ1n) is 11.3. The predicted octanol–water partition coefficient (Wildman–Crippen LogP) is 5.28. The lowest BCUT2D eigenvalue weighted by Crippen LogP contribution is -2.21. The lowest BCUT2D eigenvalue weighted by atomic mass is 9.92.